The highest BCUT2D eigenvalue weighted by Crippen LogP contribution is 2.36. The first-order chi connectivity index (χ1) is 9.50. The zero-order valence-electron chi connectivity index (χ0n) is 10.9. The molecule has 0 aliphatic heterocycles. The Kier molecular flexibility index (Phi) is 3.26. The average Bonchev–Trinajstić information content (AvgIpc) is 3.03. The van der Waals surface area contributed by atoms with E-state index in [4.69, 9.17) is 16.0 Å². The number of nitrogens with zero attached hydrogens (tertiary/aromatic N) is 2. The highest BCUT2D eigenvalue weighted by atomic mass is 79.9. The van der Waals surface area contributed by atoms with E-state index in [0.717, 1.165) is 26.6 Å². The summed E-state index contributed by atoms with van der Waals surface area (Å²) in [4.78, 5) is 12.0. The fraction of sp³-hybridized carbons (Fsp3) is 0.214. The Hall–Kier alpha value is -1.46. The van der Waals surface area contributed by atoms with Crippen molar-refractivity contribution in [3.63, 3.8) is 0 Å². The van der Waals surface area contributed by atoms with Gasteiger partial charge in [-0.3, -0.25) is 9.13 Å². The second-order valence-corrected chi connectivity index (χ2v) is 5.97. The van der Waals surface area contributed by atoms with Gasteiger partial charge in [0, 0.05) is 24.1 Å². The highest BCUT2D eigenvalue weighted by molar-refractivity contribution is 9.10. The van der Waals surface area contributed by atoms with E-state index in [2.05, 4.69) is 15.9 Å². The number of aryl methyl sites for hydroxylation is 2. The molecule has 3 rings (SSSR count). The molecule has 0 bridgehead atoms. The van der Waals surface area contributed by atoms with Gasteiger partial charge >= 0.3 is 5.69 Å². The monoisotopic (exact) mass is 354 g/mol. The van der Waals surface area contributed by atoms with Crippen molar-refractivity contribution < 1.29 is 4.42 Å². The first-order valence-electron chi connectivity index (χ1n) is 6.01. The van der Waals surface area contributed by atoms with Crippen LogP contribution in [0.1, 0.15) is 16.5 Å². The van der Waals surface area contributed by atoms with Crippen molar-refractivity contribution in [2.75, 3.05) is 0 Å². The van der Waals surface area contributed by atoms with E-state index in [0.29, 0.717) is 0 Å². The molecule has 1 atom stereocenters. The van der Waals surface area contributed by atoms with Gasteiger partial charge in [0.05, 0.1) is 28.9 Å². The van der Waals surface area contributed by atoms with Crippen molar-refractivity contribution in [2.24, 2.45) is 14.1 Å². The maximum atomic E-state index is 12.0. The first kappa shape index (κ1) is 13.5. The number of furan rings is 1. The van der Waals surface area contributed by atoms with Crippen LogP contribution in [-0.4, -0.2) is 9.13 Å². The third-order valence-electron chi connectivity index (χ3n) is 3.50. The number of imidazole rings is 1. The van der Waals surface area contributed by atoms with E-state index in [1.807, 2.05) is 18.2 Å². The molecule has 20 heavy (non-hydrogen) atoms. The van der Waals surface area contributed by atoms with E-state index in [1.165, 1.54) is 0 Å². The SMILES string of the molecule is Cn1c(=O)n(C)c2cc(C(Cl)c3ccoc3)c(Br)cc21. The van der Waals surface area contributed by atoms with Crippen LogP contribution in [-0.2, 0) is 14.1 Å². The minimum absolute atomic E-state index is 0.0570. The molecule has 1 unspecified atom stereocenters. The van der Waals surface area contributed by atoms with Crippen LogP contribution in [0.3, 0.4) is 0 Å². The summed E-state index contributed by atoms with van der Waals surface area (Å²) >= 11 is 10.0. The van der Waals surface area contributed by atoms with Crippen molar-refractivity contribution >= 4 is 38.6 Å². The topological polar surface area (TPSA) is 40.1 Å². The molecular weight excluding hydrogens is 344 g/mol. The number of aromatic nitrogens is 2. The summed E-state index contributed by atoms with van der Waals surface area (Å²) < 4.78 is 9.17. The molecule has 104 valence electrons. The predicted molar refractivity (Wildman–Crippen MR) is 82.3 cm³/mol. The molecule has 0 fully saturated rings. The maximum absolute atomic E-state index is 12.0. The summed E-state index contributed by atoms with van der Waals surface area (Å²) in [5, 5.41) is -0.331. The van der Waals surface area contributed by atoms with Crippen LogP contribution in [0.5, 0.6) is 0 Å². The molecule has 2 aromatic heterocycles. The Morgan fingerprint density at radius 3 is 2.50 bits per heavy atom. The predicted octanol–water partition coefficient (Wildman–Crippen LogP) is 3.56. The Balaban J connectivity index is 2.25. The van der Waals surface area contributed by atoms with Crippen LogP contribution in [0.25, 0.3) is 11.0 Å². The summed E-state index contributed by atoms with van der Waals surface area (Å²) in [5.41, 5.74) is 3.45. The second-order valence-electron chi connectivity index (χ2n) is 4.68. The number of alkyl halides is 1. The van der Waals surface area contributed by atoms with Crippen LogP contribution in [0.15, 0.2) is 44.4 Å². The number of rotatable bonds is 2. The molecule has 3 aromatic rings. The largest absolute Gasteiger partial charge is 0.472 e. The van der Waals surface area contributed by atoms with Gasteiger partial charge in [-0.05, 0) is 23.8 Å². The number of halogens is 2. The van der Waals surface area contributed by atoms with Gasteiger partial charge in [-0.25, -0.2) is 4.79 Å². The Morgan fingerprint density at radius 1 is 1.25 bits per heavy atom. The van der Waals surface area contributed by atoms with E-state index in [9.17, 15) is 4.79 Å². The van der Waals surface area contributed by atoms with Crippen LogP contribution in [0.2, 0.25) is 0 Å². The van der Waals surface area contributed by atoms with Crippen molar-refractivity contribution in [3.05, 3.63) is 56.8 Å². The fourth-order valence-corrected chi connectivity index (χ4v) is 3.33. The van der Waals surface area contributed by atoms with Crippen LogP contribution < -0.4 is 5.69 Å². The molecule has 6 heteroatoms. The Labute approximate surface area is 128 Å². The van der Waals surface area contributed by atoms with E-state index >= 15 is 0 Å². The molecule has 0 N–H and O–H groups in total. The molecule has 0 radical (unpaired) electrons. The summed E-state index contributed by atoms with van der Waals surface area (Å²) in [5.74, 6) is 0. The molecule has 0 spiro atoms. The smallest absolute Gasteiger partial charge is 0.328 e. The molecule has 0 aliphatic carbocycles. The van der Waals surface area contributed by atoms with Gasteiger partial charge in [-0.2, -0.15) is 0 Å². The summed E-state index contributed by atoms with van der Waals surface area (Å²) in [6.07, 6.45) is 3.22. The van der Waals surface area contributed by atoms with Crippen molar-refractivity contribution in [2.45, 2.75) is 5.38 Å². The molecule has 0 saturated carbocycles. The van der Waals surface area contributed by atoms with Crippen molar-refractivity contribution in [3.8, 4) is 0 Å². The first-order valence-corrected chi connectivity index (χ1v) is 7.24. The van der Waals surface area contributed by atoms with Crippen LogP contribution in [0, 0.1) is 0 Å². The molecule has 0 amide bonds. The fourth-order valence-electron chi connectivity index (χ4n) is 2.33. The average molecular weight is 356 g/mol. The van der Waals surface area contributed by atoms with Gasteiger partial charge in [0.1, 0.15) is 0 Å². The molecule has 1 aromatic carbocycles. The molecule has 0 saturated heterocycles. The van der Waals surface area contributed by atoms with Crippen LogP contribution in [0.4, 0.5) is 0 Å². The van der Waals surface area contributed by atoms with Crippen molar-refractivity contribution in [1.29, 1.82) is 0 Å². The lowest BCUT2D eigenvalue weighted by Gasteiger charge is -2.11. The normalized spacial score (nSPS) is 13.0. The lowest BCUT2D eigenvalue weighted by molar-refractivity contribution is 0.564. The minimum Gasteiger partial charge on any atom is -0.472 e. The third kappa shape index (κ3) is 1.93. The van der Waals surface area contributed by atoms with E-state index < -0.39 is 0 Å². The standard InChI is InChI=1S/C14H12BrClN2O2/c1-17-11-5-9(13(16)8-3-4-20-7-8)10(15)6-12(11)18(2)14(17)19/h3-7,13H,1-2H3. The van der Waals surface area contributed by atoms with Gasteiger partial charge in [0.15, 0.2) is 0 Å². The van der Waals surface area contributed by atoms with Crippen LogP contribution >= 0.6 is 27.5 Å². The lowest BCUT2D eigenvalue weighted by atomic mass is 10.1. The zero-order valence-corrected chi connectivity index (χ0v) is 13.3. The summed E-state index contributed by atoms with van der Waals surface area (Å²) in [7, 11) is 3.51. The number of hydrogen-bond acceptors (Lipinski definition) is 2. The van der Waals surface area contributed by atoms with Gasteiger partial charge in [-0.1, -0.05) is 15.9 Å². The van der Waals surface area contributed by atoms with Gasteiger partial charge in [0.2, 0.25) is 0 Å². The molecule has 4 nitrogen and oxygen atoms in total. The maximum Gasteiger partial charge on any atom is 0.328 e. The van der Waals surface area contributed by atoms with Gasteiger partial charge in [-0.15, -0.1) is 11.6 Å². The Morgan fingerprint density at radius 2 is 1.90 bits per heavy atom. The summed E-state index contributed by atoms with van der Waals surface area (Å²) in [6, 6.07) is 5.69. The quantitative estimate of drug-likeness (QED) is 0.659. The van der Waals surface area contributed by atoms with E-state index in [-0.39, 0.29) is 11.1 Å². The van der Waals surface area contributed by atoms with E-state index in [1.54, 1.807) is 35.8 Å². The van der Waals surface area contributed by atoms with Gasteiger partial charge in [0.25, 0.3) is 0 Å². The molecular formula is C14H12BrClN2O2. The Bertz CT molecular complexity index is 833. The molecule has 2 heterocycles. The van der Waals surface area contributed by atoms with Crippen molar-refractivity contribution in [1.82, 2.24) is 9.13 Å². The second kappa shape index (κ2) is 4.82. The lowest BCUT2D eigenvalue weighted by Crippen LogP contribution is -2.19. The zero-order chi connectivity index (χ0) is 14.4. The number of benzene rings is 1. The van der Waals surface area contributed by atoms with Gasteiger partial charge < -0.3 is 4.42 Å². The highest BCUT2D eigenvalue weighted by Gasteiger charge is 2.18. The number of hydrogen-bond donors (Lipinski definition) is 0. The third-order valence-corrected chi connectivity index (χ3v) is 4.67. The summed E-state index contributed by atoms with van der Waals surface area (Å²) in [6.45, 7) is 0. The number of fused-ring (bicyclic) bond motifs is 1. The minimum atomic E-state index is -0.331. The molecule has 0 aliphatic rings.